The number of unbranched alkanes of at least 4 members (excludes halogenated alkanes) is 3. The summed E-state index contributed by atoms with van der Waals surface area (Å²) in [6, 6.07) is 15.2. The second-order valence-corrected chi connectivity index (χ2v) is 23.0. The van der Waals surface area contributed by atoms with Crippen LogP contribution in [0.5, 0.6) is 0 Å². The number of fused-ring (bicyclic) bond motifs is 7. The fourth-order valence-corrected chi connectivity index (χ4v) is 12.2. The number of amides is 1. The van der Waals surface area contributed by atoms with E-state index in [1.807, 2.05) is 83.2 Å². The maximum Gasteiger partial charge on any atom is 0.294 e. The summed E-state index contributed by atoms with van der Waals surface area (Å²) in [5.41, 5.74) is 16.5. The van der Waals surface area contributed by atoms with E-state index < -0.39 is 31.1 Å². The number of hydrogen-bond donors (Lipinski definition) is 4. The number of carbonyl (C=O) groups is 1. The Morgan fingerprint density at radius 3 is 2.37 bits per heavy atom. The van der Waals surface area contributed by atoms with Gasteiger partial charge < -0.3 is 16.0 Å². The third-order valence-corrected chi connectivity index (χ3v) is 16.4. The highest BCUT2D eigenvalue weighted by atomic mass is 35.5. The summed E-state index contributed by atoms with van der Waals surface area (Å²) in [6.45, 7) is 12.1. The molecule has 1 aromatic heterocycles. The van der Waals surface area contributed by atoms with Gasteiger partial charge in [0.2, 0.25) is 11.6 Å². The normalized spacial score (nSPS) is 20.1. The maximum absolute atomic E-state index is 12.9. The highest BCUT2D eigenvalue weighted by molar-refractivity contribution is 7.86. The number of benzene rings is 3. The molecule has 4 aliphatic rings. The van der Waals surface area contributed by atoms with Gasteiger partial charge in [-0.25, -0.2) is 0 Å². The van der Waals surface area contributed by atoms with E-state index >= 15 is 0 Å². The van der Waals surface area contributed by atoms with Crippen LogP contribution in [0, 0.1) is 5.92 Å². The Morgan fingerprint density at radius 1 is 0.897 bits per heavy atom. The summed E-state index contributed by atoms with van der Waals surface area (Å²) >= 11 is 6.25. The van der Waals surface area contributed by atoms with Crippen LogP contribution in [0.15, 0.2) is 112 Å². The predicted octanol–water partition coefficient (Wildman–Crippen LogP) is 10.7. The van der Waals surface area contributed by atoms with Gasteiger partial charge in [0, 0.05) is 87.8 Å². The molecule has 4 aromatic rings. The summed E-state index contributed by atoms with van der Waals surface area (Å²) in [7, 11) is -8.77. The van der Waals surface area contributed by atoms with E-state index in [2.05, 4.69) is 20.9 Å². The van der Waals surface area contributed by atoms with Crippen molar-refractivity contribution in [1.29, 1.82) is 0 Å². The molecule has 8 rings (SSSR count). The molecular formula is C53H63ClN5O7S2+. The lowest BCUT2D eigenvalue weighted by atomic mass is 9.70. The van der Waals surface area contributed by atoms with Gasteiger partial charge in [0.25, 0.3) is 20.2 Å². The molecule has 2 aliphatic carbocycles. The zero-order valence-electron chi connectivity index (χ0n) is 39.6. The van der Waals surface area contributed by atoms with Crippen LogP contribution in [0.1, 0.15) is 121 Å². The summed E-state index contributed by atoms with van der Waals surface area (Å²) in [5.74, 6) is 0.907. The van der Waals surface area contributed by atoms with E-state index in [9.17, 15) is 30.7 Å². The van der Waals surface area contributed by atoms with Gasteiger partial charge >= 0.3 is 0 Å². The van der Waals surface area contributed by atoms with Crippen molar-refractivity contribution >= 4 is 71.4 Å². The number of allylic oxidation sites excluding steroid dienone is 8. The first kappa shape index (κ1) is 49.3. The number of carbonyl (C=O) groups excluding carboxylic acids is 1. The number of halogens is 1. The number of hydrogen-bond acceptors (Lipinski definition) is 8. The van der Waals surface area contributed by atoms with E-state index in [1.165, 1.54) is 23.3 Å². The molecule has 0 unspecified atom stereocenters. The van der Waals surface area contributed by atoms with Crippen molar-refractivity contribution in [2.75, 3.05) is 30.3 Å². The number of nitrogen functional groups attached to an aromatic ring is 1. The Kier molecular flexibility index (Phi) is 14.0. The molecule has 0 fully saturated rings. The van der Waals surface area contributed by atoms with E-state index in [-0.39, 0.29) is 15.7 Å². The molecule has 68 heavy (non-hydrogen) atoms. The van der Waals surface area contributed by atoms with Gasteiger partial charge in [-0.3, -0.25) is 18.9 Å². The fourth-order valence-electron chi connectivity index (χ4n) is 11.1. The third kappa shape index (κ3) is 9.98. The van der Waals surface area contributed by atoms with Gasteiger partial charge in [-0.2, -0.15) is 21.4 Å². The van der Waals surface area contributed by atoms with Crippen LogP contribution >= 0.6 is 11.6 Å². The second-order valence-electron chi connectivity index (χ2n) is 19.7. The molecule has 12 nitrogen and oxygen atoms in total. The van der Waals surface area contributed by atoms with Gasteiger partial charge in [0.1, 0.15) is 6.54 Å². The molecule has 2 aliphatic heterocycles. The van der Waals surface area contributed by atoms with Gasteiger partial charge in [-0.15, -0.1) is 0 Å². The number of pyridine rings is 1. The van der Waals surface area contributed by atoms with Crippen molar-refractivity contribution in [3.63, 3.8) is 0 Å². The summed E-state index contributed by atoms with van der Waals surface area (Å²) in [4.78, 5) is 19.7. The van der Waals surface area contributed by atoms with E-state index in [1.54, 1.807) is 24.3 Å². The first-order chi connectivity index (χ1) is 32.2. The van der Waals surface area contributed by atoms with Crippen LogP contribution in [0.4, 0.5) is 17.1 Å². The number of anilines is 2. The summed E-state index contributed by atoms with van der Waals surface area (Å²) in [5, 5.41) is 4.76. The first-order valence-electron chi connectivity index (χ1n) is 23.7. The number of nitrogens with one attached hydrogen (secondary N) is 1. The Hall–Kier alpha value is -5.12. The first-order valence-corrected chi connectivity index (χ1v) is 27.0. The smallest absolute Gasteiger partial charge is 0.294 e. The number of nitrogens with zero attached hydrogens (tertiary/aromatic N) is 3. The zero-order chi connectivity index (χ0) is 48.8. The molecule has 5 N–H and O–H groups in total. The molecule has 3 heterocycles. The highest BCUT2D eigenvalue weighted by Gasteiger charge is 2.45. The average molecular weight is 982 g/mol. The van der Waals surface area contributed by atoms with Crippen LogP contribution in [0.2, 0.25) is 5.02 Å². The Bertz CT molecular complexity index is 3060. The fraction of sp³-hybridized carbons (Fsp3) is 0.415. The predicted molar refractivity (Wildman–Crippen MR) is 271 cm³/mol. The molecule has 1 amide bonds. The molecule has 0 saturated heterocycles. The maximum atomic E-state index is 12.9. The second kappa shape index (κ2) is 19.3. The topological polar surface area (TPSA) is 183 Å². The summed E-state index contributed by atoms with van der Waals surface area (Å²) < 4.78 is 70.1. The number of aromatic nitrogens is 1. The molecule has 2 bridgehead atoms. The van der Waals surface area contributed by atoms with Crippen LogP contribution in [0.25, 0.3) is 10.9 Å². The molecule has 0 spiro atoms. The molecule has 3 aromatic carbocycles. The lowest BCUT2D eigenvalue weighted by Crippen LogP contribution is -2.28. The van der Waals surface area contributed by atoms with Crippen LogP contribution in [-0.4, -0.2) is 66.8 Å². The minimum atomic E-state index is -4.41. The lowest BCUT2D eigenvalue weighted by molar-refractivity contribution is -0.438. The van der Waals surface area contributed by atoms with Gasteiger partial charge in [-0.1, -0.05) is 55.3 Å². The lowest BCUT2D eigenvalue weighted by Gasteiger charge is -2.36. The van der Waals surface area contributed by atoms with Crippen molar-refractivity contribution in [2.45, 2.75) is 125 Å². The quantitative estimate of drug-likeness (QED) is 0.0261. The van der Waals surface area contributed by atoms with Crippen molar-refractivity contribution in [3.8, 4) is 0 Å². The molecule has 2 atom stereocenters. The van der Waals surface area contributed by atoms with Crippen molar-refractivity contribution < 1.29 is 35.3 Å². The Labute approximate surface area is 406 Å². The Morgan fingerprint density at radius 2 is 1.63 bits per heavy atom. The number of rotatable bonds is 17. The molecule has 15 heteroatoms. The largest absolute Gasteiger partial charge is 0.398 e. The van der Waals surface area contributed by atoms with E-state index in [0.717, 1.165) is 114 Å². The minimum absolute atomic E-state index is 0.0571. The van der Waals surface area contributed by atoms with E-state index in [4.69, 9.17) is 22.3 Å². The standard InChI is InChI=1S/C53H62ClN5O7S2/c1-6-58-45-23-20-38(67(61,62)63)32-41(45)52(2,3)47(58)16-9-7-10-17-48-53(4,5)42-33-39(68(64,65)66)21-24-46(42)59(48)26-14-8-11-18-49(60)56-25-13-12-15-34-27-35-29-36(28-34)50-44(30-35)57-43-31-37(54)19-22-40(43)51(50)55/h7,9-10,16-17,19-24,27,31-33,35-36H,6,8,11-15,18,25-26,28-30H2,1-5H3,(H4-,55,56,57,60,61,62,63,64,65,66)/p+1/t35-,36+/m1/s1. The number of likely N-dealkylation sites (N-methyl/N-ethyl adjacent to an activating group) is 1. The van der Waals surface area contributed by atoms with Crippen LogP contribution in [0.3, 0.4) is 0 Å². The summed E-state index contributed by atoms with van der Waals surface area (Å²) in [6.07, 6.45) is 21.1. The van der Waals surface area contributed by atoms with Gasteiger partial charge in [-0.05, 0) is 144 Å². The van der Waals surface area contributed by atoms with Gasteiger partial charge in [0.05, 0.1) is 20.7 Å². The van der Waals surface area contributed by atoms with E-state index in [0.29, 0.717) is 42.9 Å². The van der Waals surface area contributed by atoms with Crippen LogP contribution < -0.4 is 16.0 Å². The van der Waals surface area contributed by atoms with Crippen molar-refractivity contribution in [2.24, 2.45) is 5.92 Å². The number of nitrogens with two attached hydrogens (primary N) is 1. The minimum Gasteiger partial charge on any atom is -0.398 e. The molecular weight excluding hydrogens is 918 g/mol. The Balaban J connectivity index is 0.846. The highest BCUT2D eigenvalue weighted by Crippen LogP contribution is 2.49. The van der Waals surface area contributed by atoms with Crippen LogP contribution in [-0.2, 0) is 42.3 Å². The monoisotopic (exact) mass is 980 g/mol. The van der Waals surface area contributed by atoms with Gasteiger partial charge in [0.15, 0.2) is 5.71 Å². The zero-order valence-corrected chi connectivity index (χ0v) is 41.9. The van der Waals surface area contributed by atoms with Crippen molar-refractivity contribution in [1.82, 2.24) is 10.3 Å². The molecule has 360 valence electrons. The molecule has 0 saturated carbocycles. The average Bonchev–Trinajstić information content (AvgIpc) is 3.62. The van der Waals surface area contributed by atoms with Crippen molar-refractivity contribution in [3.05, 3.63) is 130 Å². The third-order valence-electron chi connectivity index (χ3n) is 14.4. The SMILES string of the molecule is CCN1/C(=C/C=C/C=C/C2=[N+](CCCCCC(=O)NCCCCC3=C[C@H]4Cc5nc6cc(Cl)ccc6c(N)c5[C@@H](C3)C4)c3ccc(S(=O)(=O)O)cc3C2(C)C)C(C)(C)c2cc(S(=O)(=O)O)ccc21. The molecule has 0 radical (unpaired) electrons.